The third-order valence-electron chi connectivity index (χ3n) is 1.39. The minimum atomic E-state index is -2.23. The maximum Gasteiger partial charge on any atom is 0.248 e. The molecule has 0 bridgehead atoms. The quantitative estimate of drug-likeness (QED) is 0.604. The van der Waals surface area contributed by atoms with Crippen LogP contribution < -0.4 is 0 Å². The molecule has 1 rings (SSSR count). The molecule has 1 aliphatic heterocycles. The molecule has 0 saturated carbocycles. The summed E-state index contributed by atoms with van der Waals surface area (Å²) in [6, 6.07) is 0. The Labute approximate surface area is 74.1 Å². The fourth-order valence-electron chi connectivity index (χ4n) is 0.550. The first-order valence-corrected chi connectivity index (χ1v) is 4.51. The highest BCUT2D eigenvalue weighted by Gasteiger charge is 2.42. The molecule has 0 atom stereocenters. The molecule has 76 valence electrons. The fraction of sp³-hybridized carbons (Fsp3) is 1.00. The molecule has 1 aliphatic rings. The van der Waals surface area contributed by atoms with Crippen molar-refractivity contribution in [3.63, 3.8) is 0 Å². The van der Waals surface area contributed by atoms with Gasteiger partial charge >= 0.3 is 0 Å². The van der Waals surface area contributed by atoms with Gasteiger partial charge < -0.3 is 4.74 Å². The van der Waals surface area contributed by atoms with Crippen LogP contribution in [0.1, 0.15) is 34.6 Å². The Balaban J connectivity index is 0. The lowest BCUT2D eigenvalue weighted by molar-refractivity contribution is -0.174. The van der Waals surface area contributed by atoms with Gasteiger partial charge in [-0.3, -0.25) is 0 Å². The highest BCUT2D eigenvalue weighted by Crippen LogP contribution is 2.33. The van der Waals surface area contributed by atoms with Crippen molar-refractivity contribution >= 4 is 0 Å². The second-order valence-corrected chi connectivity index (χ2v) is 2.45. The molecule has 1 nitrogen and oxygen atoms in total. The molecule has 1 fully saturated rings. The average molecular weight is 182 g/mol. The predicted octanol–water partition coefficient (Wildman–Crippen LogP) is 3.34. The van der Waals surface area contributed by atoms with E-state index in [0.717, 1.165) is 0 Å². The van der Waals surface area contributed by atoms with Crippen LogP contribution in [0.3, 0.4) is 0 Å². The predicted molar refractivity (Wildman–Crippen MR) is 47.6 cm³/mol. The zero-order chi connectivity index (χ0) is 10.2. The number of alkyl halides is 2. The minimum Gasteiger partial charge on any atom is -0.380 e. The van der Waals surface area contributed by atoms with Crippen molar-refractivity contribution in [3.8, 4) is 0 Å². The van der Waals surface area contributed by atoms with Crippen LogP contribution in [0.5, 0.6) is 0 Å². The summed E-state index contributed by atoms with van der Waals surface area (Å²) in [4.78, 5) is 0. The molecule has 0 unspecified atom stereocenters. The van der Waals surface area contributed by atoms with Gasteiger partial charge in [-0.05, 0) is 6.92 Å². The maximum absolute atomic E-state index is 11.8. The van der Waals surface area contributed by atoms with Gasteiger partial charge in [-0.2, -0.15) is 0 Å². The van der Waals surface area contributed by atoms with E-state index in [4.69, 9.17) is 0 Å². The van der Waals surface area contributed by atoms with Crippen molar-refractivity contribution in [3.05, 3.63) is 0 Å². The Morgan fingerprint density at radius 2 is 1.42 bits per heavy atom. The number of ether oxygens (including phenoxy) is 1. The van der Waals surface area contributed by atoms with Crippen LogP contribution in [0.4, 0.5) is 8.78 Å². The molecule has 0 aliphatic carbocycles. The van der Waals surface area contributed by atoms with Gasteiger partial charge in [0.1, 0.15) is 0 Å². The van der Waals surface area contributed by atoms with Gasteiger partial charge in [0.15, 0.2) is 0 Å². The molecular formula is C9H20F2O. The van der Waals surface area contributed by atoms with E-state index in [1.54, 1.807) is 0 Å². The maximum atomic E-state index is 11.8. The van der Waals surface area contributed by atoms with E-state index in [1.807, 2.05) is 27.7 Å². The third-order valence-corrected chi connectivity index (χ3v) is 1.39. The van der Waals surface area contributed by atoms with Gasteiger partial charge in [0.05, 0.1) is 18.6 Å². The lowest BCUT2D eigenvalue weighted by Crippen LogP contribution is -2.45. The normalized spacial score (nSPS) is 18.0. The summed E-state index contributed by atoms with van der Waals surface area (Å²) < 4.78 is 28.2. The first-order chi connectivity index (χ1) is 5.65. The van der Waals surface area contributed by atoms with Crippen LogP contribution in [0.2, 0.25) is 0 Å². The number of halogens is 2. The van der Waals surface area contributed by atoms with Gasteiger partial charge in [0, 0.05) is 0 Å². The van der Waals surface area contributed by atoms with Crippen molar-refractivity contribution in [2.45, 2.75) is 41.0 Å². The minimum absolute atomic E-state index is 0.213. The van der Waals surface area contributed by atoms with Crippen LogP contribution >= 0.6 is 0 Å². The first-order valence-electron chi connectivity index (χ1n) is 4.51. The van der Waals surface area contributed by atoms with Crippen molar-refractivity contribution in [2.75, 3.05) is 13.2 Å². The number of hydrogen-bond acceptors (Lipinski definition) is 1. The lowest BCUT2D eigenvalue weighted by atomic mass is 9.90. The van der Waals surface area contributed by atoms with Crippen molar-refractivity contribution in [1.29, 1.82) is 0 Å². The molecule has 0 aromatic carbocycles. The summed E-state index contributed by atoms with van der Waals surface area (Å²) in [7, 11) is 0. The van der Waals surface area contributed by atoms with Crippen LogP contribution in [0, 0.1) is 5.41 Å². The van der Waals surface area contributed by atoms with Crippen LogP contribution in [-0.2, 0) is 4.74 Å². The van der Waals surface area contributed by atoms with Gasteiger partial charge in [-0.1, -0.05) is 27.7 Å². The van der Waals surface area contributed by atoms with Crippen molar-refractivity contribution in [1.82, 2.24) is 0 Å². The van der Waals surface area contributed by atoms with Crippen LogP contribution in [0.15, 0.2) is 0 Å². The fourth-order valence-corrected chi connectivity index (χ4v) is 0.550. The van der Waals surface area contributed by atoms with Gasteiger partial charge in [0.2, 0.25) is 6.43 Å². The molecule has 0 aromatic rings. The van der Waals surface area contributed by atoms with Crippen LogP contribution in [-0.4, -0.2) is 19.6 Å². The Kier molecular flexibility index (Phi) is 8.93. The zero-order valence-electron chi connectivity index (χ0n) is 8.66. The van der Waals surface area contributed by atoms with Gasteiger partial charge in [0.25, 0.3) is 0 Å². The number of rotatable bonds is 1. The molecule has 0 aromatic heterocycles. The highest BCUT2D eigenvalue weighted by molar-refractivity contribution is 4.82. The Bertz CT molecular complexity index is 90.5. The lowest BCUT2D eigenvalue weighted by Gasteiger charge is -2.36. The summed E-state index contributed by atoms with van der Waals surface area (Å²) in [5, 5.41) is 0. The molecule has 0 spiro atoms. The molecular weight excluding hydrogens is 162 g/mol. The zero-order valence-corrected chi connectivity index (χ0v) is 8.66. The molecule has 1 heterocycles. The summed E-state index contributed by atoms with van der Waals surface area (Å²) in [6.07, 6.45) is -2.23. The van der Waals surface area contributed by atoms with E-state index in [9.17, 15) is 8.78 Å². The molecule has 0 N–H and O–H groups in total. The summed E-state index contributed by atoms with van der Waals surface area (Å²) in [5.74, 6) is 0. The van der Waals surface area contributed by atoms with E-state index in [-0.39, 0.29) is 13.2 Å². The van der Waals surface area contributed by atoms with Crippen molar-refractivity contribution in [2.24, 2.45) is 5.41 Å². The molecule has 3 heteroatoms. The summed E-state index contributed by atoms with van der Waals surface area (Å²) in [5.41, 5.74) is -0.833. The number of hydrogen-bond donors (Lipinski definition) is 0. The van der Waals surface area contributed by atoms with E-state index >= 15 is 0 Å². The molecule has 12 heavy (non-hydrogen) atoms. The van der Waals surface area contributed by atoms with E-state index < -0.39 is 11.8 Å². The highest BCUT2D eigenvalue weighted by atomic mass is 19.3. The standard InChI is InChI=1S/C5H8F2O.2C2H6/c1-5(4(6)7)2-8-3-5;2*1-2/h4H,2-3H2,1H3;2*1-2H3. The third kappa shape index (κ3) is 4.00. The summed E-state index contributed by atoms with van der Waals surface area (Å²) in [6.45, 7) is 9.95. The molecule has 0 radical (unpaired) electrons. The molecule has 0 amide bonds. The van der Waals surface area contributed by atoms with E-state index in [1.165, 1.54) is 6.92 Å². The Morgan fingerprint density at radius 1 is 1.08 bits per heavy atom. The first kappa shape index (κ1) is 14.3. The summed E-state index contributed by atoms with van der Waals surface area (Å²) >= 11 is 0. The van der Waals surface area contributed by atoms with E-state index in [2.05, 4.69) is 4.74 Å². The Hall–Kier alpha value is -0.180. The second kappa shape index (κ2) is 7.47. The topological polar surface area (TPSA) is 9.23 Å². The van der Waals surface area contributed by atoms with Crippen molar-refractivity contribution < 1.29 is 13.5 Å². The second-order valence-electron chi connectivity index (χ2n) is 2.45. The SMILES string of the molecule is CC.CC.CC1(C(F)F)COC1. The van der Waals surface area contributed by atoms with Gasteiger partial charge in [-0.25, -0.2) is 8.78 Å². The largest absolute Gasteiger partial charge is 0.380 e. The van der Waals surface area contributed by atoms with E-state index in [0.29, 0.717) is 0 Å². The van der Waals surface area contributed by atoms with Crippen LogP contribution in [0.25, 0.3) is 0 Å². The smallest absolute Gasteiger partial charge is 0.248 e. The Morgan fingerprint density at radius 3 is 1.42 bits per heavy atom. The average Bonchev–Trinajstić information content (AvgIpc) is 2.07. The molecule has 1 saturated heterocycles. The van der Waals surface area contributed by atoms with Gasteiger partial charge in [-0.15, -0.1) is 0 Å². The monoisotopic (exact) mass is 182 g/mol.